The number of carbonyl (C=O) groups is 1. The van der Waals surface area contributed by atoms with Crippen molar-refractivity contribution in [1.82, 2.24) is 4.90 Å². The molecule has 0 saturated carbocycles. The third-order valence-electron chi connectivity index (χ3n) is 7.45. The van der Waals surface area contributed by atoms with Crippen LogP contribution in [0.15, 0.2) is 71.7 Å². The normalized spacial score (nSPS) is 21.6. The van der Waals surface area contributed by atoms with E-state index in [1.54, 1.807) is 11.8 Å². The fourth-order valence-corrected chi connectivity index (χ4v) is 5.45. The van der Waals surface area contributed by atoms with Gasteiger partial charge in [0.2, 0.25) is 5.91 Å². The Morgan fingerprint density at radius 1 is 0.919 bits per heavy atom. The molecule has 4 nitrogen and oxygen atoms in total. The van der Waals surface area contributed by atoms with Gasteiger partial charge in [0, 0.05) is 17.0 Å². The molecule has 1 aliphatic rings. The van der Waals surface area contributed by atoms with E-state index in [0.717, 1.165) is 22.3 Å². The molecule has 3 aromatic rings. The third kappa shape index (κ3) is 4.66. The number of amidine groups is 1. The second-order valence-corrected chi connectivity index (χ2v) is 11.7. The topological polar surface area (TPSA) is 41.9 Å². The van der Waals surface area contributed by atoms with E-state index in [1.165, 1.54) is 0 Å². The first kappa shape index (κ1) is 27.2. The number of halogens is 2. The van der Waals surface area contributed by atoms with Gasteiger partial charge in [-0.25, -0.2) is 0 Å². The van der Waals surface area contributed by atoms with Gasteiger partial charge in [0.05, 0.1) is 12.2 Å². The summed E-state index contributed by atoms with van der Waals surface area (Å²) >= 11 is 12.5. The highest BCUT2D eigenvalue weighted by Crippen LogP contribution is 2.53. The Bertz CT molecular complexity index is 1340. The summed E-state index contributed by atoms with van der Waals surface area (Å²) in [6, 6.07) is 21.5. The summed E-state index contributed by atoms with van der Waals surface area (Å²) in [6.07, 6.45) is 0. The Hall–Kier alpha value is -2.82. The number of hydrogen-bond donors (Lipinski definition) is 0. The van der Waals surface area contributed by atoms with Crippen LogP contribution in [-0.4, -0.2) is 23.2 Å². The molecule has 2 unspecified atom stereocenters. The maximum atomic E-state index is 13.5. The highest BCUT2D eigenvalue weighted by molar-refractivity contribution is 6.30. The van der Waals surface area contributed by atoms with Gasteiger partial charge in [0.15, 0.2) is 0 Å². The maximum Gasteiger partial charge on any atom is 0.225 e. The number of rotatable bonds is 5. The molecular formula is C31H34Cl2N2O2. The van der Waals surface area contributed by atoms with Crippen LogP contribution in [-0.2, 0) is 21.3 Å². The van der Waals surface area contributed by atoms with Crippen LogP contribution in [0.4, 0.5) is 0 Å². The number of ether oxygens (including phenoxy) is 1. The van der Waals surface area contributed by atoms with Gasteiger partial charge in [-0.05, 0) is 79.3 Å². The predicted molar refractivity (Wildman–Crippen MR) is 153 cm³/mol. The third-order valence-corrected chi connectivity index (χ3v) is 7.96. The number of carbonyl (C=O) groups excluding carboxylic acids is 1. The molecule has 0 fully saturated rings. The molecule has 37 heavy (non-hydrogen) atoms. The summed E-state index contributed by atoms with van der Waals surface area (Å²) in [6.45, 7) is 14.7. The standard InChI is InChI=1S/C31H34Cl2N2O2/c1-8-37-27-19-23(29(3,4)5)13-18-26(27)28-34-30(6,21-9-14-24(32)15-10-21)31(7,35(28)20(2)36)22-11-16-25(33)17-12-22/h9-19H,8H2,1-7H3. The van der Waals surface area contributed by atoms with E-state index in [2.05, 4.69) is 46.8 Å². The van der Waals surface area contributed by atoms with Gasteiger partial charge in [-0.2, -0.15) is 0 Å². The Balaban J connectivity index is 2.03. The quantitative estimate of drug-likeness (QED) is 0.330. The average molecular weight is 538 g/mol. The van der Waals surface area contributed by atoms with E-state index in [1.807, 2.05) is 61.5 Å². The lowest BCUT2D eigenvalue weighted by molar-refractivity contribution is -0.130. The van der Waals surface area contributed by atoms with E-state index in [-0.39, 0.29) is 11.3 Å². The van der Waals surface area contributed by atoms with E-state index in [9.17, 15) is 4.79 Å². The predicted octanol–water partition coefficient (Wildman–Crippen LogP) is 8.13. The lowest BCUT2D eigenvalue weighted by Gasteiger charge is -2.45. The van der Waals surface area contributed by atoms with E-state index >= 15 is 0 Å². The molecule has 0 N–H and O–H groups in total. The molecule has 0 aliphatic carbocycles. The summed E-state index contributed by atoms with van der Waals surface area (Å²) in [5.41, 5.74) is 2.04. The molecule has 0 saturated heterocycles. The van der Waals surface area contributed by atoms with Gasteiger partial charge in [-0.1, -0.05) is 74.3 Å². The van der Waals surface area contributed by atoms with Gasteiger partial charge >= 0.3 is 0 Å². The monoisotopic (exact) mass is 536 g/mol. The second-order valence-electron chi connectivity index (χ2n) is 10.8. The highest BCUT2D eigenvalue weighted by atomic mass is 35.5. The first-order chi connectivity index (χ1) is 17.3. The van der Waals surface area contributed by atoms with Crippen LogP contribution in [0.5, 0.6) is 5.75 Å². The van der Waals surface area contributed by atoms with Crippen molar-refractivity contribution in [3.63, 3.8) is 0 Å². The largest absolute Gasteiger partial charge is 0.493 e. The average Bonchev–Trinajstić information content (AvgIpc) is 3.08. The van der Waals surface area contributed by atoms with Gasteiger partial charge in [-0.3, -0.25) is 14.7 Å². The molecule has 0 radical (unpaired) electrons. The van der Waals surface area contributed by atoms with Crippen LogP contribution < -0.4 is 4.74 Å². The fraction of sp³-hybridized carbons (Fsp3) is 0.355. The lowest BCUT2D eigenvalue weighted by atomic mass is 9.70. The highest BCUT2D eigenvalue weighted by Gasteiger charge is 2.58. The van der Waals surface area contributed by atoms with Crippen molar-refractivity contribution in [2.75, 3.05) is 6.61 Å². The van der Waals surface area contributed by atoms with Crippen molar-refractivity contribution in [1.29, 1.82) is 0 Å². The Morgan fingerprint density at radius 2 is 1.46 bits per heavy atom. The first-order valence-electron chi connectivity index (χ1n) is 12.5. The smallest absolute Gasteiger partial charge is 0.225 e. The van der Waals surface area contributed by atoms with E-state index < -0.39 is 11.1 Å². The zero-order valence-electron chi connectivity index (χ0n) is 22.5. The molecule has 1 aliphatic heterocycles. The zero-order valence-corrected chi connectivity index (χ0v) is 24.0. The molecule has 6 heteroatoms. The number of hydrogen-bond acceptors (Lipinski definition) is 3. The molecule has 2 atom stereocenters. The van der Waals surface area contributed by atoms with Crippen LogP contribution in [0.25, 0.3) is 0 Å². The summed E-state index contributed by atoms with van der Waals surface area (Å²) in [7, 11) is 0. The van der Waals surface area contributed by atoms with Crippen molar-refractivity contribution < 1.29 is 9.53 Å². The lowest BCUT2D eigenvalue weighted by Crippen LogP contribution is -2.54. The van der Waals surface area contributed by atoms with Gasteiger partial charge < -0.3 is 4.74 Å². The van der Waals surface area contributed by atoms with Crippen LogP contribution in [0.2, 0.25) is 10.0 Å². The van der Waals surface area contributed by atoms with Crippen molar-refractivity contribution in [3.05, 3.63) is 99.0 Å². The van der Waals surface area contributed by atoms with Crippen molar-refractivity contribution in [3.8, 4) is 5.75 Å². The Morgan fingerprint density at radius 3 is 1.95 bits per heavy atom. The zero-order chi connectivity index (χ0) is 27.2. The molecule has 1 amide bonds. The van der Waals surface area contributed by atoms with Gasteiger partial charge in [0.1, 0.15) is 22.7 Å². The summed E-state index contributed by atoms with van der Waals surface area (Å²) in [4.78, 5) is 20.7. The minimum absolute atomic E-state index is 0.0578. The van der Waals surface area contributed by atoms with Crippen molar-refractivity contribution in [2.24, 2.45) is 4.99 Å². The molecular weight excluding hydrogens is 503 g/mol. The number of amides is 1. The Kier molecular flexibility index (Phi) is 7.22. The molecule has 1 heterocycles. The van der Waals surface area contributed by atoms with Gasteiger partial charge in [0.25, 0.3) is 0 Å². The van der Waals surface area contributed by atoms with Crippen LogP contribution in [0, 0.1) is 0 Å². The number of benzene rings is 3. The second kappa shape index (κ2) is 9.81. The minimum Gasteiger partial charge on any atom is -0.493 e. The summed E-state index contributed by atoms with van der Waals surface area (Å²) in [5.74, 6) is 1.17. The SMILES string of the molecule is CCOc1cc(C(C)(C)C)ccc1C1=NC(C)(c2ccc(Cl)cc2)C(C)(c2ccc(Cl)cc2)N1C(C)=O. The molecule has 0 bridgehead atoms. The van der Waals surface area contributed by atoms with E-state index in [4.69, 9.17) is 32.9 Å². The molecule has 0 aromatic heterocycles. The molecule has 0 spiro atoms. The van der Waals surface area contributed by atoms with E-state index in [0.29, 0.717) is 28.2 Å². The number of aliphatic imine (C=N–C) groups is 1. The van der Waals surface area contributed by atoms with Crippen LogP contribution in [0.1, 0.15) is 70.7 Å². The molecule has 194 valence electrons. The Labute approximate surface area is 230 Å². The first-order valence-corrected chi connectivity index (χ1v) is 13.3. The van der Waals surface area contributed by atoms with Gasteiger partial charge in [-0.15, -0.1) is 0 Å². The number of nitrogens with zero attached hydrogens (tertiary/aromatic N) is 2. The minimum atomic E-state index is -0.862. The van der Waals surface area contributed by atoms with Crippen molar-refractivity contribution in [2.45, 2.75) is 65.0 Å². The molecule has 4 rings (SSSR count). The summed E-state index contributed by atoms with van der Waals surface area (Å²) < 4.78 is 6.14. The van der Waals surface area contributed by atoms with Crippen molar-refractivity contribution >= 4 is 34.9 Å². The van der Waals surface area contributed by atoms with Crippen LogP contribution in [0.3, 0.4) is 0 Å². The summed E-state index contributed by atoms with van der Waals surface area (Å²) in [5, 5.41) is 1.27. The fourth-order valence-electron chi connectivity index (χ4n) is 5.20. The maximum absolute atomic E-state index is 13.5. The van der Waals surface area contributed by atoms with Crippen LogP contribution >= 0.6 is 23.2 Å². The molecule has 3 aromatic carbocycles.